The summed E-state index contributed by atoms with van der Waals surface area (Å²) in [4.78, 5) is 16.5. The molecule has 48 valence electrons. The maximum absolute atomic E-state index is 9.52. The molecule has 0 aliphatic heterocycles. The van der Waals surface area contributed by atoms with E-state index in [9.17, 15) is 20.2 Å². The minimum absolute atomic E-state index is 1.07. The molecule has 0 heterocycles. The Hall–Kier alpha value is -1.75. The lowest BCUT2D eigenvalue weighted by Gasteiger charge is -1.79. The molecule has 0 radical (unpaired) electrons. The van der Waals surface area contributed by atoms with Crippen molar-refractivity contribution in [1.29, 1.82) is 5.41 Å². The van der Waals surface area contributed by atoms with Crippen molar-refractivity contribution in [2.75, 3.05) is 0 Å². The lowest BCUT2D eigenvalue weighted by molar-refractivity contribution is -0.612. The second-order valence-electron chi connectivity index (χ2n) is 0.963. The Morgan fingerprint density at radius 3 is 1.67 bits per heavy atom. The first-order valence-electron chi connectivity index (χ1n) is 1.68. The van der Waals surface area contributed by atoms with E-state index in [4.69, 9.17) is 5.41 Å². The van der Waals surface area contributed by atoms with Crippen LogP contribution in [0.1, 0.15) is 0 Å². The van der Waals surface area contributed by atoms with E-state index in [1.54, 1.807) is 0 Å². The van der Waals surface area contributed by atoms with Crippen LogP contribution in [0.2, 0.25) is 0 Å². The summed E-state index contributed by atoms with van der Waals surface area (Å²) >= 11 is 0. The van der Waals surface area contributed by atoms with Gasteiger partial charge in [0, 0.05) is 0 Å². The van der Waals surface area contributed by atoms with Crippen molar-refractivity contribution < 1.29 is 9.85 Å². The quantitative estimate of drug-likeness (QED) is 0.313. The van der Waals surface area contributed by atoms with Gasteiger partial charge >= 0.3 is 5.82 Å². The van der Waals surface area contributed by atoms with E-state index in [2.05, 4.69) is 0 Å². The largest absolute Gasteiger partial charge is 0.623 e. The Kier molecular flexibility index (Phi) is 2.04. The van der Waals surface area contributed by atoms with Crippen molar-refractivity contribution >= 4 is 5.87 Å². The molecule has 0 rings (SSSR count). The fourth-order valence-corrected chi connectivity index (χ4v) is 0.158. The van der Waals surface area contributed by atoms with Crippen molar-refractivity contribution in [3.8, 4) is 0 Å². The summed E-state index contributed by atoms with van der Waals surface area (Å²) in [5.74, 6) is -0.380. The average Bonchev–Trinajstić information content (AvgIpc) is 1.64. The Labute approximate surface area is 48.4 Å². The zero-order chi connectivity index (χ0) is 7.44. The number of nitro groups is 2. The summed E-state index contributed by atoms with van der Waals surface area (Å²) in [6, 6.07) is 0. The molecule has 0 bridgehead atoms. The molecule has 0 aromatic carbocycles. The van der Waals surface area contributed by atoms with Crippen LogP contribution in [-0.2, 0) is 0 Å². The van der Waals surface area contributed by atoms with Crippen LogP contribution in [0.15, 0.2) is 5.82 Å². The summed E-state index contributed by atoms with van der Waals surface area (Å²) in [5.41, 5.74) is 0. The number of hydrogen-bond acceptors (Lipinski definition) is 5. The van der Waals surface area contributed by atoms with Gasteiger partial charge in [-0.05, 0) is 0 Å². The highest BCUT2D eigenvalue weighted by Crippen LogP contribution is 1.87. The highest BCUT2D eigenvalue weighted by molar-refractivity contribution is 5.47. The highest BCUT2D eigenvalue weighted by atomic mass is 16.7. The van der Waals surface area contributed by atoms with Crippen molar-refractivity contribution in [3.05, 3.63) is 26.0 Å². The molecule has 0 amide bonds. The maximum Gasteiger partial charge on any atom is 0.623 e. The lowest BCUT2D eigenvalue weighted by atomic mass is 10.8. The smallest absolute Gasteiger partial charge is 0.253 e. The standard InChI is InChI=1S/C2HN3O4/c3-1-2(4(6)7)5(8)9/h3H. The summed E-state index contributed by atoms with van der Waals surface area (Å²) in [7, 11) is 0. The monoisotopic (exact) mass is 131 g/mol. The minimum atomic E-state index is -1.45. The van der Waals surface area contributed by atoms with Crippen molar-refractivity contribution in [3.63, 3.8) is 0 Å². The summed E-state index contributed by atoms with van der Waals surface area (Å²) in [5, 5.41) is 25.1. The Balaban J connectivity index is 4.59. The molecule has 0 atom stereocenters. The van der Waals surface area contributed by atoms with E-state index in [1.165, 1.54) is 0 Å². The third-order valence-corrected chi connectivity index (χ3v) is 0.458. The van der Waals surface area contributed by atoms with Gasteiger partial charge in [-0.1, -0.05) is 0 Å². The summed E-state index contributed by atoms with van der Waals surface area (Å²) < 4.78 is 0. The third-order valence-electron chi connectivity index (χ3n) is 0.458. The molecule has 7 nitrogen and oxygen atoms in total. The third kappa shape index (κ3) is 1.66. The van der Waals surface area contributed by atoms with Gasteiger partial charge in [0.2, 0.25) is 0 Å². The number of nitrogens with one attached hydrogen (secondary N) is 1. The first-order chi connectivity index (χ1) is 4.09. The van der Waals surface area contributed by atoms with E-state index < -0.39 is 15.7 Å². The number of rotatable bonds is 2. The van der Waals surface area contributed by atoms with Crippen molar-refractivity contribution in [1.82, 2.24) is 0 Å². The van der Waals surface area contributed by atoms with Crippen LogP contribution in [0.5, 0.6) is 0 Å². The summed E-state index contributed by atoms with van der Waals surface area (Å²) in [6.45, 7) is 0. The van der Waals surface area contributed by atoms with Gasteiger partial charge in [-0.2, -0.15) is 0 Å². The second-order valence-corrected chi connectivity index (χ2v) is 0.963. The van der Waals surface area contributed by atoms with E-state index in [-0.39, 0.29) is 0 Å². The second kappa shape index (κ2) is 2.53. The van der Waals surface area contributed by atoms with Crippen LogP contribution in [0, 0.1) is 25.6 Å². The molecule has 0 aromatic rings. The SMILES string of the molecule is N=C=C([N+](=O)[O-])[N+](=O)[O-]. The molecule has 0 fully saturated rings. The Bertz CT molecular complexity index is 186. The van der Waals surface area contributed by atoms with Crippen LogP contribution in [0.4, 0.5) is 0 Å². The average molecular weight is 131 g/mol. The number of nitrogens with zero attached hydrogens (tertiary/aromatic N) is 2. The van der Waals surface area contributed by atoms with Crippen LogP contribution >= 0.6 is 0 Å². The normalized spacial score (nSPS) is 7.56. The predicted octanol–water partition coefficient (Wildman–Crippen LogP) is -0.370. The van der Waals surface area contributed by atoms with Crippen LogP contribution in [-0.4, -0.2) is 15.7 Å². The fraction of sp³-hybridized carbons (Fsp3) is 0. The van der Waals surface area contributed by atoms with Gasteiger partial charge in [-0.25, -0.2) is 5.41 Å². The van der Waals surface area contributed by atoms with Gasteiger partial charge in [0.05, 0.1) is 0 Å². The fourth-order valence-electron chi connectivity index (χ4n) is 0.158. The molecule has 0 saturated heterocycles. The molecule has 0 saturated carbocycles. The highest BCUT2D eigenvalue weighted by Gasteiger charge is 2.24. The molecular weight excluding hydrogens is 130 g/mol. The van der Waals surface area contributed by atoms with E-state index in [0.717, 1.165) is 5.87 Å². The van der Waals surface area contributed by atoms with Crippen LogP contribution in [0.3, 0.4) is 0 Å². The van der Waals surface area contributed by atoms with Crippen LogP contribution < -0.4 is 0 Å². The first-order valence-corrected chi connectivity index (χ1v) is 1.68. The molecule has 1 N–H and O–H groups in total. The minimum Gasteiger partial charge on any atom is -0.253 e. The van der Waals surface area contributed by atoms with Gasteiger partial charge in [0.1, 0.15) is 15.7 Å². The first kappa shape index (κ1) is 7.25. The van der Waals surface area contributed by atoms with E-state index in [0.29, 0.717) is 0 Å². The van der Waals surface area contributed by atoms with Gasteiger partial charge < -0.3 is 0 Å². The van der Waals surface area contributed by atoms with Gasteiger partial charge in [0.15, 0.2) is 0 Å². The molecule has 0 aliphatic carbocycles. The summed E-state index contributed by atoms with van der Waals surface area (Å²) in [6.07, 6.45) is 0. The molecule has 0 spiro atoms. The molecule has 0 unspecified atom stereocenters. The van der Waals surface area contributed by atoms with Gasteiger partial charge in [0.25, 0.3) is 0 Å². The van der Waals surface area contributed by atoms with E-state index in [1.807, 2.05) is 0 Å². The van der Waals surface area contributed by atoms with Gasteiger partial charge in [-0.15, -0.1) is 0 Å². The molecule has 0 aliphatic rings. The van der Waals surface area contributed by atoms with Gasteiger partial charge in [-0.3, -0.25) is 20.2 Å². The zero-order valence-electron chi connectivity index (χ0n) is 4.03. The van der Waals surface area contributed by atoms with Crippen molar-refractivity contribution in [2.24, 2.45) is 0 Å². The molecule has 7 heteroatoms. The topological polar surface area (TPSA) is 110 Å². The van der Waals surface area contributed by atoms with Crippen LogP contribution in [0.25, 0.3) is 0 Å². The van der Waals surface area contributed by atoms with Crippen molar-refractivity contribution in [2.45, 2.75) is 0 Å². The lowest BCUT2D eigenvalue weighted by Crippen LogP contribution is -2.09. The Morgan fingerprint density at radius 2 is 1.67 bits per heavy atom. The molecule has 9 heavy (non-hydrogen) atoms. The number of hydrogen-bond donors (Lipinski definition) is 1. The molecule has 0 aromatic heterocycles. The maximum atomic E-state index is 9.52. The van der Waals surface area contributed by atoms with E-state index >= 15 is 0 Å². The predicted molar refractivity (Wildman–Crippen MR) is 25.2 cm³/mol. The zero-order valence-corrected chi connectivity index (χ0v) is 4.03. The molecular formula is C2HN3O4. The Morgan fingerprint density at radius 1 is 1.33 bits per heavy atom.